The Kier molecular flexibility index (Phi) is 29.0. The Hall–Kier alpha value is -12.1. The van der Waals surface area contributed by atoms with Crippen LogP contribution >= 0.6 is 0 Å². The predicted octanol–water partition coefficient (Wildman–Crippen LogP) is 17.9. The van der Waals surface area contributed by atoms with Crippen molar-refractivity contribution in [2.24, 2.45) is 0 Å². The number of phenols is 1. The molecule has 4 spiro atoms. The minimum Gasteiger partial charge on any atom is -0.507 e. The van der Waals surface area contributed by atoms with Gasteiger partial charge in [-0.2, -0.15) is 65.9 Å². The fraction of sp³-hybridized carbons (Fsp3) is 0.465. The summed E-state index contributed by atoms with van der Waals surface area (Å²) in [5, 5.41) is 9.50. The number of benzene rings is 5. The first-order chi connectivity index (χ1) is 64.9. The smallest absolute Gasteiger partial charge is 0.456 e. The third-order valence-electron chi connectivity index (χ3n) is 28.6. The molecule has 4 saturated heterocycles. The van der Waals surface area contributed by atoms with Gasteiger partial charge in [0, 0.05) is 157 Å². The van der Waals surface area contributed by atoms with Crippen LogP contribution in [0, 0.1) is 6.92 Å². The van der Waals surface area contributed by atoms with Crippen molar-refractivity contribution in [3.63, 3.8) is 0 Å². The monoisotopic (exact) mass is 1940 g/mol. The minimum absolute atomic E-state index is 0.00128. The highest BCUT2D eigenvalue weighted by molar-refractivity contribution is 6.01. The van der Waals surface area contributed by atoms with Gasteiger partial charge in [-0.25, -0.2) is 0 Å². The lowest BCUT2D eigenvalue weighted by Gasteiger charge is -2.50. The Morgan fingerprint density at radius 3 is 1.09 bits per heavy atom. The molecule has 17 rings (SSSR count). The van der Waals surface area contributed by atoms with E-state index < -0.39 is 105 Å². The van der Waals surface area contributed by atoms with Crippen LogP contribution < -0.4 is 18.9 Å². The second-order valence-electron chi connectivity index (χ2n) is 36.4. The molecule has 1 N–H and O–H groups in total. The van der Waals surface area contributed by atoms with E-state index in [0.29, 0.717) is 181 Å². The number of likely N-dealkylation sites (tertiary alicyclic amines) is 4. The standard InChI is InChI=1S/C29H30F3N3O3.C25H30F3N3O3.C23H28F3N3O3.C22H21F6N3O3/c1-19-18-21(6-9-23(19)20-4-7-22(38-3)8-5-20)27(37)34-14-12-28(13-15-34)25-11-10-24(26(36)29(30,31)32)35(25)17-16-33(28)2;1-16(2)34-21-7-5-18(15-19(21)25(26,27)28)23(33)30-11-9-24(10-12-30)22-8-6-20(17(3)32)31(22)14-13-29(24)4;1-4-32-18-15-16(5-6-17(18)31-3)21(30)28-11-9-22(10-12-28)19-7-8-20(23(24,25)26)29(19)14-13-27(22)2;1-29-10-11-31-15(18(33)22(26,27)28)3-5-17(31)20(29)6-8-30(9-7-20)19(34)13-2-4-16(32)14(12-13)21(23,24)25/h4-11,18H,12-17H2,1-3H3;5-8,15-16H,9-14H2,1-4H3;5-8,15H,4,9-14H2,1-3H3;2-5,12,32H,6-11H2,1H3. The minimum atomic E-state index is -5.00. The summed E-state index contributed by atoms with van der Waals surface area (Å²) >= 11 is 0. The number of amides is 4. The van der Waals surface area contributed by atoms with Crippen LogP contribution in [0.5, 0.6) is 28.7 Å². The molecular weight excluding hydrogens is 1830 g/mol. The molecule has 9 aromatic rings. The summed E-state index contributed by atoms with van der Waals surface area (Å²) in [6.45, 7) is 15.9. The van der Waals surface area contributed by atoms with Gasteiger partial charge >= 0.3 is 30.9 Å². The second-order valence-corrected chi connectivity index (χ2v) is 36.4. The Balaban J connectivity index is 0.000000147. The highest BCUT2D eigenvalue weighted by Gasteiger charge is 2.54. The first kappa shape index (κ1) is 102. The fourth-order valence-electron chi connectivity index (χ4n) is 21.0. The maximum atomic E-state index is 13.6. The number of ether oxygens (including phenoxy) is 4. The van der Waals surface area contributed by atoms with Crippen molar-refractivity contribution in [2.75, 3.05) is 128 Å². The van der Waals surface area contributed by atoms with Gasteiger partial charge in [0.1, 0.15) is 22.9 Å². The number of halogens is 15. The zero-order valence-corrected chi connectivity index (χ0v) is 78.1. The third-order valence-corrected chi connectivity index (χ3v) is 28.6. The molecule has 5 aromatic carbocycles. The van der Waals surface area contributed by atoms with Gasteiger partial charge in [0.15, 0.2) is 17.3 Å². The van der Waals surface area contributed by atoms with Crippen molar-refractivity contribution in [1.82, 2.24) is 57.5 Å². The SMILES string of the molecule is CC(=O)c1ccc2n1CCN(C)C21CCN(C(=O)c2ccc(OC(C)C)c(C(F)(F)F)c2)CC1.CCOc1cc(C(=O)N2CCC3(CC2)c2ccc(C(F)(F)F)n2CCN3C)ccc1OC.CN1CCn2c(C(=O)C(F)(F)F)ccc2C12CCN(C(=O)c1ccc(O)c(C(F)(F)F)c1)CC2.COc1ccc(-c2ccc(C(=O)N3CCC4(CC3)c3ccc(C(=O)C(F)(F)F)n3CCN4C)cc2C)cc1. The maximum Gasteiger partial charge on any atom is 0.456 e. The zero-order valence-electron chi connectivity index (χ0n) is 78.1. The van der Waals surface area contributed by atoms with E-state index in [1.54, 1.807) is 75.1 Å². The van der Waals surface area contributed by atoms with E-state index in [9.17, 15) is 105 Å². The molecule has 12 heterocycles. The number of alkyl halides is 15. The number of hydrogen-bond donors (Lipinski definition) is 1. The van der Waals surface area contributed by atoms with Crippen molar-refractivity contribution in [3.05, 3.63) is 230 Å². The van der Waals surface area contributed by atoms with Crippen LogP contribution in [0.25, 0.3) is 11.1 Å². The van der Waals surface area contributed by atoms with Crippen LogP contribution in [0.2, 0.25) is 0 Å². The van der Waals surface area contributed by atoms with Gasteiger partial charge in [-0.15, -0.1) is 0 Å². The number of aromatic nitrogens is 4. The van der Waals surface area contributed by atoms with Gasteiger partial charge < -0.3 is 61.9 Å². The van der Waals surface area contributed by atoms with Gasteiger partial charge in [0.05, 0.1) is 77.3 Å². The summed E-state index contributed by atoms with van der Waals surface area (Å²) in [5.74, 6) is -4.36. The molecular formula is C99H109F15N12O12. The number of Topliss-reactive ketones (excluding diaryl/α,β-unsaturated/α-hetero) is 3. The topological polar surface area (TPSA) is 222 Å². The van der Waals surface area contributed by atoms with Gasteiger partial charge in [-0.05, 0) is 251 Å². The van der Waals surface area contributed by atoms with E-state index in [4.69, 9.17) is 18.9 Å². The van der Waals surface area contributed by atoms with Crippen LogP contribution in [0.3, 0.4) is 0 Å². The van der Waals surface area contributed by atoms with E-state index in [1.165, 1.54) is 55.0 Å². The molecule has 24 nitrogen and oxygen atoms in total. The summed E-state index contributed by atoms with van der Waals surface area (Å²) < 4.78 is 227. The van der Waals surface area contributed by atoms with Crippen molar-refractivity contribution in [2.45, 2.75) is 171 Å². The highest BCUT2D eigenvalue weighted by Crippen LogP contribution is 2.50. The molecule has 39 heteroatoms. The van der Waals surface area contributed by atoms with E-state index in [0.717, 1.165) is 59.4 Å². The molecule has 0 bridgehead atoms. The molecule has 8 aliphatic rings. The molecule has 0 radical (unpaired) electrons. The summed E-state index contributed by atoms with van der Waals surface area (Å²) in [6, 6.07) is 36.9. The molecule has 8 aliphatic heterocycles. The number of ketones is 3. The quantitative estimate of drug-likeness (QED) is 0.0789. The first-order valence-corrected chi connectivity index (χ1v) is 45.4. The number of phenolic OH excluding ortho intramolecular Hbond substituents is 1. The summed E-state index contributed by atoms with van der Waals surface area (Å²) in [7, 11) is 10.9. The molecule has 4 amide bonds. The largest absolute Gasteiger partial charge is 0.507 e. The number of carbonyl (C=O) groups excluding carboxylic acids is 7. The molecule has 0 atom stereocenters. The van der Waals surface area contributed by atoms with Crippen LogP contribution in [-0.2, 0) is 66.9 Å². The van der Waals surface area contributed by atoms with Crippen molar-refractivity contribution in [1.29, 1.82) is 0 Å². The second kappa shape index (κ2) is 39.3. The van der Waals surface area contributed by atoms with Crippen molar-refractivity contribution < 1.29 is 123 Å². The lowest BCUT2D eigenvalue weighted by molar-refractivity contribution is -0.145. The third kappa shape index (κ3) is 19.9. The molecule has 138 heavy (non-hydrogen) atoms. The summed E-state index contributed by atoms with van der Waals surface area (Å²) in [5.41, 5.74) is 2.00. The number of aromatic hydroxyl groups is 1. The number of likely N-dealkylation sites (N-methyl/N-ethyl adjacent to an activating group) is 4. The average Bonchev–Trinajstić information content (AvgIpc) is 1.49. The Morgan fingerprint density at radius 1 is 0.377 bits per heavy atom. The Morgan fingerprint density at radius 2 is 0.725 bits per heavy atom. The number of hydrogen-bond acceptors (Lipinski definition) is 16. The average molecular weight is 1940 g/mol. The van der Waals surface area contributed by atoms with Crippen molar-refractivity contribution >= 4 is 41.0 Å². The van der Waals surface area contributed by atoms with Crippen LogP contribution in [0.4, 0.5) is 65.9 Å². The van der Waals surface area contributed by atoms with E-state index in [-0.39, 0.29) is 65.3 Å². The zero-order chi connectivity index (χ0) is 100. The van der Waals surface area contributed by atoms with Crippen LogP contribution in [-0.4, -0.2) is 250 Å². The van der Waals surface area contributed by atoms with Gasteiger partial charge in [-0.3, -0.25) is 53.2 Å². The number of piperidine rings is 4. The molecule has 4 fully saturated rings. The number of nitrogens with zero attached hydrogens (tertiary/aromatic N) is 12. The van der Waals surface area contributed by atoms with Crippen molar-refractivity contribution in [3.8, 4) is 39.9 Å². The number of fused-ring (bicyclic) bond motifs is 8. The fourth-order valence-corrected chi connectivity index (χ4v) is 21.0. The first-order valence-electron chi connectivity index (χ1n) is 45.4. The lowest BCUT2D eigenvalue weighted by atomic mass is 9.81. The molecule has 742 valence electrons. The lowest BCUT2D eigenvalue weighted by Crippen LogP contribution is -2.56. The number of methoxy groups -OCH3 is 2. The number of rotatable bonds is 14. The van der Waals surface area contributed by atoms with Gasteiger partial charge in [0.2, 0.25) is 0 Å². The Labute approximate surface area is 787 Å². The predicted molar refractivity (Wildman–Crippen MR) is 479 cm³/mol. The van der Waals surface area contributed by atoms with Crippen LogP contribution in [0.1, 0.15) is 197 Å². The maximum absolute atomic E-state index is 13.6. The van der Waals surface area contributed by atoms with E-state index in [2.05, 4.69) is 19.3 Å². The highest BCUT2D eigenvalue weighted by atomic mass is 19.4. The normalized spacial score (nSPS) is 18.2. The molecule has 0 aliphatic carbocycles. The molecule has 4 aromatic heterocycles. The molecule has 0 saturated carbocycles. The summed E-state index contributed by atoms with van der Waals surface area (Å²) in [6.07, 6.45) is -20.0. The summed E-state index contributed by atoms with van der Waals surface area (Å²) in [4.78, 5) is 104. The van der Waals surface area contributed by atoms with Crippen LogP contribution in [0.15, 0.2) is 146 Å². The van der Waals surface area contributed by atoms with Gasteiger partial charge in [0.25, 0.3) is 35.2 Å². The van der Waals surface area contributed by atoms with E-state index >= 15 is 0 Å². The van der Waals surface area contributed by atoms with E-state index in [1.807, 2.05) is 106 Å². The van der Waals surface area contributed by atoms with Gasteiger partial charge in [-0.1, -0.05) is 18.2 Å². The Bertz CT molecular complexity index is 6030. The number of aryl methyl sites for hydroxylation is 1. The number of carbonyl (C=O) groups is 7. The molecule has 0 unspecified atom stereocenters.